The standard InChI is InChI=1S/C15H27N/c1-2-3-4-5-6-7-8-9-10-12-15-13-11-14-16-15/h11,13-14,16H,2-10,12H2,1H3. The molecule has 0 saturated carbocycles. The summed E-state index contributed by atoms with van der Waals surface area (Å²) in [6, 6.07) is 4.27. The molecule has 1 rings (SSSR count). The molecule has 1 aromatic rings. The number of nitrogens with one attached hydrogen (secondary N) is 1. The highest BCUT2D eigenvalue weighted by atomic mass is 14.7. The van der Waals surface area contributed by atoms with E-state index in [2.05, 4.69) is 24.0 Å². The Bertz CT molecular complexity index is 226. The van der Waals surface area contributed by atoms with E-state index in [0.717, 1.165) is 0 Å². The number of aromatic nitrogens is 1. The lowest BCUT2D eigenvalue weighted by Gasteiger charge is -2.01. The highest BCUT2D eigenvalue weighted by Crippen LogP contribution is 2.11. The summed E-state index contributed by atoms with van der Waals surface area (Å²) in [7, 11) is 0. The Morgan fingerprint density at radius 1 is 0.875 bits per heavy atom. The van der Waals surface area contributed by atoms with Crippen molar-refractivity contribution in [1.29, 1.82) is 0 Å². The summed E-state index contributed by atoms with van der Waals surface area (Å²) in [5, 5.41) is 0. The molecular weight excluding hydrogens is 194 g/mol. The zero-order valence-electron chi connectivity index (χ0n) is 10.8. The number of rotatable bonds is 10. The van der Waals surface area contributed by atoms with Gasteiger partial charge in [0.25, 0.3) is 0 Å². The molecule has 1 aromatic heterocycles. The normalized spacial score (nSPS) is 10.8. The van der Waals surface area contributed by atoms with Crippen LogP contribution in [-0.2, 0) is 6.42 Å². The first-order valence-electron chi connectivity index (χ1n) is 7.05. The Hall–Kier alpha value is -0.720. The van der Waals surface area contributed by atoms with Crippen molar-refractivity contribution in [2.45, 2.75) is 71.1 Å². The van der Waals surface area contributed by atoms with Crippen LogP contribution in [0.2, 0.25) is 0 Å². The van der Waals surface area contributed by atoms with Gasteiger partial charge in [-0.15, -0.1) is 0 Å². The van der Waals surface area contributed by atoms with Gasteiger partial charge in [0.1, 0.15) is 0 Å². The molecule has 0 aliphatic heterocycles. The summed E-state index contributed by atoms with van der Waals surface area (Å²) >= 11 is 0. The molecule has 0 saturated heterocycles. The average molecular weight is 221 g/mol. The Kier molecular flexibility index (Phi) is 7.93. The first-order chi connectivity index (χ1) is 7.93. The largest absolute Gasteiger partial charge is 0.365 e. The maximum atomic E-state index is 3.26. The van der Waals surface area contributed by atoms with Gasteiger partial charge in [-0.05, 0) is 25.0 Å². The molecule has 1 heterocycles. The van der Waals surface area contributed by atoms with Gasteiger partial charge in [0.05, 0.1) is 0 Å². The van der Waals surface area contributed by atoms with Crippen LogP contribution < -0.4 is 0 Å². The summed E-state index contributed by atoms with van der Waals surface area (Å²) < 4.78 is 0. The minimum atomic E-state index is 1.23. The van der Waals surface area contributed by atoms with E-state index in [1.165, 1.54) is 69.9 Å². The van der Waals surface area contributed by atoms with Crippen LogP contribution in [0.1, 0.15) is 70.4 Å². The van der Waals surface area contributed by atoms with Gasteiger partial charge in [0.15, 0.2) is 0 Å². The lowest BCUT2D eigenvalue weighted by Crippen LogP contribution is -1.86. The molecule has 1 heteroatoms. The van der Waals surface area contributed by atoms with Gasteiger partial charge in [0.2, 0.25) is 0 Å². The number of aryl methyl sites for hydroxylation is 1. The van der Waals surface area contributed by atoms with Gasteiger partial charge < -0.3 is 4.98 Å². The van der Waals surface area contributed by atoms with Gasteiger partial charge in [-0.2, -0.15) is 0 Å². The van der Waals surface area contributed by atoms with Crippen molar-refractivity contribution in [2.24, 2.45) is 0 Å². The van der Waals surface area contributed by atoms with E-state index >= 15 is 0 Å². The fourth-order valence-corrected chi connectivity index (χ4v) is 2.15. The molecular formula is C15H27N. The highest BCUT2D eigenvalue weighted by Gasteiger charge is 1.94. The van der Waals surface area contributed by atoms with E-state index in [4.69, 9.17) is 0 Å². The molecule has 0 radical (unpaired) electrons. The molecule has 0 unspecified atom stereocenters. The van der Waals surface area contributed by atoms with Crippen molar-refractivity contribution in [1.82, 2.24) is 4.98 Å². The number of hydrogen-bond donors (Lipinski definition) is 1. The number of unbranched alkanes of at least 4 members (excludes halogenated alkanes) is 8. The lowest BCUT2D eigenvalue weighted by molar-refractivity contribution is 0.564. The first-order valence-corrected chi connectivity index (χ1v) is 7.05. The van der Waals surface area contributed by atoms with E-state index in [1.807, 2.05) is 6.20 Å². The molecule has 0 amide bonds. The monoisotopic (exact) mass is 221 g/mol. The number of aromatic amines is 1. The van der Waals surface area contributed by atoms with E-state index in [0.29, 0.717) is 0 Å². The second kappa shape index (κ2) is 9.50. The molecule has 16 heavy (non-hydrogen) atoms. The topological polar surface area (TPSA) is 15.8 Å². The first kappa shape index (κ1) is 13.3. The molecule has 0 fully saturated rings. The smallest absolute Gasteiger partial charge is 0.0147 e. The molecule has 0 spiro atoms. The Morgan fingerprint density at radius 3 is 2.06 bits per heavy atom. The third kappa shape index (κ3) is 6.71. The fraction of sp³-hybridized carbons (Fsp3) is 0.733. The summed E-state index contributed by atoms with van der Waals surface area (Å²) in [4.78, 5) is 3.26. The molecule has 0 aromatic carbocycles. The molecule has 92 valence electrons. The van der Waals surface area contributed by atoms with Crippen molar-refractivity contribution in [3.63, 3.8) is 0 Å². The molecule has 0 bridgehead atoms. The summed E-state index contributed by atoms with van der Waals surface area (Å²) in [6.07, 6.45) is 16.0. The van der Waals surface area contributed by atoms with Crippen LogP contribution in [0, 0.1) is 0 Å². The van der Waals surface area contributed by atoms with Crippen molar-refractivity contribution in [3.05, 3.63) is 24.0 Å². The van der Waals surface area contributed by atoms with E-state index in [1.54, 1.807) is 0 Å². The van der Waals surface area contributed by atoms with Crippen LogP contribution >= 0.6 is 0 Å². The summed E-state index contributed by atoms with van der Waals surface area (Å²) in [5.41, 5.74) is 1.39. The summed E-state index contributed by atoms with van der Waals surface area (Å²) in [5.74, 6) is 0. The predicted molar refractivity (Wildman–Crippen MR) is 71.7 cm³/mol. The van der Waals surface area contributed by atoms with Crippen molar-refractivity contribution >= 4 is 0 Å². The summed E-state index contributed by atoms with van der Waals surface area (Å²) in [6.45, 7) is 2.28. The number of H-pyrrole nitrogens is 1. The quantitative estimate of drug-likeness (QED) is 0.530. The molecule has 0 atom stereocenters. The predicted octanol–water partition coefficient (Wildman–Crippen LogP) is 5.09. The Labute approximate surface area is 101 Å². The maximum absolute atomic E-state index is 3.26. The third-order valence-corrected chi connectivity index (χ3v) is 3.21. The minimum absolute atomic E-state index is 1.23. The fourth-order valence-electron chi connectivity index (χ4n) is 2.15. The van der Waals surface area contributed by atoms with Gasteiger partial charge in [0, 0.05) is 11.9 Å². The van der Waals surface area contributed by atoms with Gasteiger partial charge in [-0.1, -0.05) is 58.3 Å². The van der Waals surface area contributed by atoms with Crippen molar-refractivity contribution in [3.8, 4) is 0 Å². The maximum Gasteiger partial charge on any atom is 0.0147 e. The Balaban J connectivity index is 1.78. The van der Waals surface area contributed by atoms with Gasteiger partial charge >= 0.3 is 0 Å². The van der Waals surface area contributed by atoms with Crippen LogP contribution in [0.5, 0.6) is 0 Å². The second-order valence-electron chi connectivity index (χ2n) is 4.77. The van der Waals surface area contributed by atoms with E-state index < -0.39 is 0 Å². The average Bonchev–Trinajstić information content (AvgIpc) is 2.80. The van der Waals surface area contributed by atoms with Gasteiger partial charge in [-0.25, -0.2) is 0 Å². The second-order valence-corrected chi connectivity index (χ2v) is 4.77. The van der Waals surface area contributed by atoms with Crippen molar-refractivity contribution < 1.29 is 0 Å². The van der Waals surface area contributed by atoms with Crippen LogP contribution in [-0.4, -0.2) is 4.98 Å². The van der Waals surface area contributed by atoms with E-state index in [-0.39, 0.29) is 0 Å². The third-order valence-electron chi connectivity index (χ3n) is 3.21. The Morgan fingerprint density at radius 2 is 1.50 bits per heavy atom. The van der Waals surface area contributed by atoms with Crippen LogP contribution in [0.4, 0.5) is 0 Å². The molecule has 0 aliphatic carbocycles. The SMILES string of the molecule is CCCCCCCCCCCc1ccc[nH]1. The zero-order valence-corrected chi connectivity index (χ0v) is 10.8. The van der Waals surface area contributed by atoms with Gasteiger partial charge in [-0.3, -0.25) is 0 Å². The lowest BCUT2D eigenvalue weighted by atomic mass is 10.1. The molecule has 0 aliphatic rings. The van der Waals surface area contributed by atoms with Crippen LogP contribution in [0.3, 0.4) is 0 Å². The zero-order chi connectivity index (χ0) is 11.5. The van der Waals surface area contributed by atoms with E-state index in [9.17, 15) is 0 Å². The number of hydrogen-bond acceptors (Lipinski definition) is 0. The van der Waals surface area contributed by atoms with Crippen LogP contribution in [0.25, 0.3) is 0 Å². The van der Waals surface area contributed by atoms with Crippen molar-refractivity contribution in [2.75, 3.05) is 0 Å². The highest BCUT2D eigenvalue weighted by molar-refractivity contribution is 5.03. The minimum Gasteiger partial charge on any atom is -0.365 e. The molecule has 1 nitrogen and oxygen atoms in total. The molecule has 1 N–H and O–H groups in total. The van der Waals surface area contributed by atoms with Crippen LogP contribution in [0.15, 0.2) is 18.3 Å².